The van der Waals surface area contributed by atoms with Gasteiger partial charge in [-0.05, 0) is 76.6 Å². The minimum atomic E-state index is 0.0423. The highest BCUT2D eigenvalue weighted by Gasteiger charge is 2.05. The van der Waals surface area contributed by atoms with Crippen LogP contribution in [0.3, 0.4) is 0 Å². The molecule has 106 valence electrons. The Morgan fingerprint density at radius 1 is 0.850 bits per heavy atom. The van der Waals surface area contributed by atoms with E-state index in [-0.39, 0.29) is 6.04 Å². The van der Waals surface area contributed by atoms with Crippen LogP contribution in [0.4, 0.5) is 0 Å². The van der Waals surface area contributed by atoms with Crippen molar-refractivity contribution in [3.63, 3.8) is 0 Å². The Morgan fingerprint density at radius 2 is 1.35 bits per heavy atom. The van der Waals surface area contributed by atoms with Crippen molar-refractivity contribution < 1.29 is 0 Å². The zero-order valence-corrected chi connectivity index (χ0v) is 12.8. The first kappa shape index (κ1) is 15.0. The van der Waals surface area contributed by atoms with Crippen LogP contribution in [0.15, 0.2) is 23.3 Å². The van der Waals surface area contributed by atoms with Crippen molar-refractivity contribution in [3.8, 4) is 23.7 Å². The third-order valence-corrected chi connectivity index (χ3v) is 3.84. The van der Waals surface area contributed by atoms with Gasteiger partial charge in [0.05, 0.1) is 0 Å². The fraction of sp³-hybridized carbons (Fsp3) is 0.579. The zero-order chi connectivity index (χ0) is 14.2. The summed E-state index contributed by atoms with van der Waals surface area (Å²) in [4.78, 5) is 2.10. The van der Waals surface area contributed by atoms with Crippen LogP contribution in [0, 0.1) is 23.7 Å². The van der Waals surface area contributed by atoms with Gasteiger partial charge < -0.3 is 0 Å². The molecule has 2 aliphatic carbocycles. The number of allylic oxidation sites excluding steroid dienone is 4. The molecule has 1 heteroatoms. The van der Waals surface area contributed by atoms with Gasteiger partial charge in [-0.3, -0.25) is 4.90 Å². The third kappa shape index (κ3) is 4.92. The van der Waals surface area contributed by atoms with E-state index in [0.29, 0.717) is 0 Å². The average molecular weight is 267 g/mol. The van der Waals surface area contributed by atoms with Crippen LogP contribution < -0.4 is 0 Å². The molecule has 0 heterocycles. The normalized spacial score (nSPS) is 18.6. The lowest BCUT2D eigenvalue weighted by molar-refractivity contribution is 0.409. The molecule has 1 nitrogen and oxygen atoms in total. The Labute approximate surface area is 124 Å². The van der Waals surface area contributed by atoms with Gasteiger partial charge in [0, 0.05) is 0 Å². The molecule has 0 radical (unpaired) electrons. The summed E-state index contributed by atoms with van der Waals surface area (Å²) in [7, 11) is 4.11. The highest BCUT2D eigenvalue weighted by Crippen LogP contribution is 2.17. The van der Waals surface area contributed by atoms with Crippen molar-refractivity contribution in [1.29, 1.82) is 0 Å². The lowest BCUT2D eigenvalue weighted by Crippen LogP contribution is -2.24. The smallest absolute Gasteiger partial charge is 0.134 e. The molecule has 0 bridgehead atoms. The third-order valence-electron chi connectivity index (χ3n) is 3.84. The van der Waals surface area contributed by atoms with Crippen molar-refractivity contribution in [2.75, 3.05) is 14.1 Å². The van der Waals surface area contributed by atoms with E-state index in [1.807, 2.05) is 0 Å². The van der Waals surface area contributed by atoms with E-state index < -0.39 is 0 Å². The van der Waals surface area contributed by atoms with Gasteiger partial charge in [-0.25, -0.2) is 0 Å². The second-order valence-corrected chi connectivity index (χ2v) is 5.86. The summed E-state index contributed by atoms with van der Waals surface area (Å²) in [6.07, 6.45) is 14.5. The first-order valence-corrected chi connectivity index (χ1v) is 7.83. The molecule has 0 aromatic heterocycles. The molecule has 2 aliphatic rings. The number of hydrogen-bond acceptors (Lipinski definition) is 1. The first-order valence-electron chi connectivity index (χ1n) is 7.83. The summed E-state index contributed by atoms with van der Waals surface area (Å²) < 4.78 is 0. The summed E-state index contributed by atoms with van der Waals surface area (Å²) in [6.45, 7) is 0. The summed E-state index contributed by atoms with van der Waals surface area (Å²) in [5.41, 5.74) is 2.61. The van der Waals surface area contributed by atoms with Gasteiger partial charge in [0.2, 0.25) is 0 Å². The molecule has 0 amide bonds. The van der Waals surface area contributed by atoms with Gasteiger partial charge in [-0.15, -0.1) is 0 Å². The molecule has 20 heavy (non-hydrogen) atoms. The van der Waals surface area contributed by atoms with E-state index in [0.717, 1.165) is 12.8 Å². The van der Waals surface area contributed by atoms with E-state index in [1.54, 1.807) is 0 Å². The summed E-state index contributed by atoms with van der Waals surface area (Å²) in [5, 5.41) is 0. The van der Waals surface area contributed by atoms with E-state index in [1.165, 1.54) is 49.7 Å². The molecule has 0 unspecified atom stereocenters. The Bertz CT molecular complexity index is 455. The van der Waals surface area contributed by atoms with Crippen LogP contribution in [0.25, 0.3) is 0 Å². The SMILES string of the molecule is CN(C)C(C#CC1=CCCCC1)C#CC1=CCCCC1. The Balaban J connectivity index is 2.04. The fourth-order valence-corrected chi connectivity index (χ4v) is 2.52. The quantitative estimate of drug-likeness (QED) is 0.651. The average Bonchev–Trinajstić information content (AvgIpc) is 2.49. The molecule has 0 aromatic carbocycles. The van der Waals surface area contributed by atoms with E-state index >= 15 is 0 Å². The molecule has 0 aliphatic heterocycles. The summed E-state index contributed by atoms with van der Waals surface area (Å²) in [5.74, 6) is 13.3. The van der Waals surface area contributed by atoms with Crippen molar-refractivity contribution in [2.45, 2.75) is 57.4 Å². The van der Waals surface area contributed by atoms with Crippen LogP contribution >= 0.6 is 0 Å². The van der Waals surface area contributed by atoms with Gasteiger partial charge in [0.25, 0.3) is 0 Å². The van der Waals surface area contributed by atoms with Crippen LogP contribution in [0.5, 0.6) is 0 Å². The van der Waals surface area contributed by atoms with Crippen LogP contribution in [-0.2, 0) is 0 Å². The summed E-state index contributed by atoms with van der Waals surface area (Å²) in [6, 6.07) is 0.0423. The number of rotatable bonds is 1. The molecule has 0 saturated carbocycles. The predicted molar refractivity (Wildman–Crippen MR) is 86.1 cm³/mol. The minimum Gasteiger partial charge on any atom is -0.286 e. The van der Waals surface area contributed by atoms with Crippen molar-refractivity contribution in [2.24, 2.45) is 0 Å². The topological polar surface area (TPSA) is 3.24 Å². The lowest BCUT2D eigenvalue weighted by Gasteiger charge is -2.13. The maximum Gasteiger partial charge on any atom is 0.134 e. The van der Waals surface area contributed by atoms with Crippen LogP contribution in [0.1, 0.15) is 51.4 Å². The second-order valence-electron chi connectivity index (χ2n) is 5.86. The van der Waals surface area contributed by atoms with Gasteiger partial charge >= 0.3 is 0 Å². The minimum absolute atomic E-state index is 0.0423. The van der Waals surface area contributed by atoms with Gasteiger partial charge in [-0.1, -0.05) is 35.8 Å². The largest absolute Gasteiger partial charge is 0.286 e. The number of hydrogen-bond donors (Lipinski definition) is 0. The van der Waals surface area contributed by atoms with Crippen LogP contribution in [0.2, 0.25) is 0 Å². The highest BCUT2D eigenvalue weighted by molar-refractivity contribution is 5.38. The van der Waals surface area contributed by atoms with Crippen molar-refractivity contribution in [3.05, 3.63) is 23.3 Å². The molecular formula is C19H25N. The standard InChI is InChI=1S/C19H25N/c1-20(2)19(15-13-17-9-5-3-6-10-17)16-14-18-11-7-4-8-12-18/h9,11,19H,3-8,10,12H2,1-2H3. The predicted octanol–water partition coefficient (Wildman–Crippen LogP) is 3.92. The Kier molecular flexibility index (Phi) is 5.97. The van der Waals surface area contributed by atoms with E-state index in [9.17, 15) is 0 Å². The van der Waals surface area contributed by atoms with Gasteiger partial charge in [-0.2, -0.15) is 0 Å². The number of nitrogens with zero attached hydrogens (tertiary/aromatic N) is 1. The lowest BCUT2D eigenvalue weighted by atomic mass is 9.99. The Hall–Kier alpha value is -1.44. The molecule has 0 aromatic rings. The van der Waals surface area contributed by atoms with Crippen molar-refractivity contribution in [1.82, 2.24) is 4.90 Å². The highest BCUT2D eigenvalue weighted by atomic mass is 15.1. The maximum absolute atomic E-state index is 3.34. The van der Waals surface area contributed by atoms with Gasteiger partial charge in [0.15, 0.2) is 0 Å². The molecule has 2 rings (SSSR count). The molecule has 0 atom stereocenters. The summed E-state index contributed by atoms with van der Waals surface area (Å²) >= 11 is 0. The zero-order valence-electron chi connectivity index (χ0n) is 12.8. The molecular weight excluding hydrogens is 242 g/mol. The monoisotopic (exact) mass is 267 g/mol. The first-order chi connectivity index (χ1) is 9.75. The molecule has 0 fully saturated rings. The molecule has 0 saturated heterocycles. The molecule has 0 spiro atoms. The van der Waals surface area contributed by atoms with E-state index in [4.69, 9.17) is 0 Å². The Morgan fingerprint density at radius 3 is 1.70 bits per heavy atom. The fourth-order valence-electron chi connectivity index (χ4n) is 2.52. The van der Waals surface area contributed by atoms with Crippen LogP contribution in [-0.4, -0.2) is 25.0 Å². The second kappa shape index (κ2) is 7.98. The van der Waals surface area contributed by atoms with E-state index in [2.05, 4.69) is 54.8 Å². The van der Waals surface area contributed by atoms with Crippen molar-refractivity contribution >= 4 is 0 Å². The maximum atomic E-state index is 3.34. The van der Waals surface area contributed by atoms with Gasteiger partial charge in [0.1, 0.15) is 6.04 Å². The molecule has 0 N–H and O–H groups in total.